The Bertz CT molecular complexity index is 820. The molecule has 3 heteroatoms. The van der Waals surface area contributed by atoms with Gasteiger partial charge in [-0.2, -0.15) is 0 Å². The molecule has 0 fully saturated rings. The maximum Gasteiger partial charge on any atom is 0.124 e. The highest BCUT2D eigenvalue weighted by Crippen LogP contribution is 2.36. The smallest absolute Gasteiger partial charge is 0.124 e. The predicted molar refractivity (Wildman–Crippen MR) is 96.8 cm³/mol. The van der Waals surface area contributed by atoms with Crippen molar-refractivity contribution in [3.05, 3.63) is 64.0 Å². The van der Waals surface area contributed by atoms with E-state index in [2.05, 4.69) is 63.2 Å². The zero-order valence-electron chi connectivity index (χ0n) is 13.0. The van der Waals surface area contributed by atoms with Crippen LogP contribution in [0.1, 0.15) is 21.6 Å². The van der Waals surface area contributed by atoms with Gasteiger partial charge in [0.25, 0.3) is 0 Å². The third kappa shape index (κ3) is 2.94. The zero-order valence-corrected chi connectivity index (χ0v) is 14.6. The van der Waals surface area contributed by atoms with E-state index in [0.29, 0.717) is 5.88 Å². The molecular formula is C19H18ClNS. The Hall–Kier alpha value is -1.64. The first-order valence-electron chi connectivity index (χ1n) is 7.29. The SMILES string of the molecule is Cc1cccc(-c2nc(-c3cc(C)ccc3C)c(CCl)s2)c1. The molecule has 22 heavy (non-hydrogen) atoms. The molecule has 0 N–H and O–H groups in total. The van der Waals surface area contributed by atoms with Crippen molar-refractivity contribution in [1.82, 2.24) is 4.98 Å². The van der Waals surface area contributed by atoms with Gasteiger partial charge in [-0.15, -0.1) is 22.9 Å². The van der Waals surface area contributed by atoms with Crippen molar-refractivity contribution in [2.75, 3.05) is 0 Å². The number of rotatable bonds is 3. The second kappa shape index (κ2) is 6.23. The molecule has 1 aromatic heterocycles. The van der Waals surface area contributed by atoms with E-state index in [4.69, 9.17) is 16.6 Å². The lowest BCUT2D eigenvalue weighted by molar-refractivity contribution is 1.31. The number of aromatic nitrogens is 1. The molecule has 1 nitrogen and oxygen atoms in total. The topological polar surface area (TPSA) is 12.9 Å². The predicted octanol–water partition coefficient (Wildman–Crippen LogP) is 6.14. The van der Waals surface area contributed by atoms with E-state index in [1.54, 1.807) is 11.3 Å². The molecule has 112 valence electrons. The van der Waals surface area contributed by atoms with Crippen LogP contribution in [-0.4, -0.2) is 4.98 Å². The molecule has 0 saturated carbocycles. The highest BCUT2D eigenvalue weighted by Gasteiger charge is 2.15. The van der Waals surface area contributed by atoms with Crippen LogP contribution < -0.4 is 0 Å². The van der Waals surface area contributed by atoms with E-state index in [1.165, 1.54) is 22.3 Å². The van der Waals surface area contributed by atoms with Crippen molar-refractivity contribution in [1.29, 1.82) is 0 Å². The van der Waals surface area contributed by atoms with Gasteiger partial charge in [0.15, 0.2) is 0 Å². The van der Waals surface area contributed by atoms with Crippen molar-refractivity contribution in [3.8, 4) is 21.8 Å². The number of alkyl halides is 1. The molecule has 2 aromatic carbocycles. The standard InChI is InChI=1S/C19H18ClNS/c1-12-5-4-6-15(9-12)19-21-18(17(11-20)22-19)16-10-13(2)7-8-14(16)3/h4-10H,11H2,1-3H3. The van der Waals surface area contributed by atoms with Crippen molar-refractivity contribution < 1.29 is 0 Å². The van der Waals surface area contributed by atoms with E-state index >= 15 is 0 Å². The molecule has 3 aromatic rings. The van der Waals surface area contributed by atoms with Gasteiger partial charge in [0.2, 0.25) is 0 Å². The van der Waals surface area contributed by atoms with Crippen LogP contribution in [0.25, 0.3) is 21.8 Å². The van der Waals surface area contributed by atoms with E-state index in [0.717, 1.165) is 21.1 Å². The second-order valence-corrected chi connectivity index (χ2v) is 6.96. The number of nitrogens with zero attached hydrogens (tertiary/aromatic N) is 1. The van der Waals surface area contributed by atoms with Crippen LogP contribution in [0.4, 0.5) is 0 Å². The number of benzene rings is 2. The van der Waals surface area contributed by atoms with Gasteiger partial charge in [-0.3, -0.25) is 0 Å². The van der Waals surface area contributed by atoms with Gasteiger partial charge in [0, 0.05) is 16.0 Å². The minimum atomic E-state index is 0.492. The number of thiazole rings is 1. The van der Waals surface area contributed by atoms with Gasteiger partial charge < -0.3 is 0 Å². The number of aryl methyl sites for hydroxylation is 3. The number of halogens is 1. The number of hydrogen-bond acceptors (Lipinski definition) is 2. The summed E-state index contributed by atoms with van der Waals surface area (Å²) >= 11 is 7.86. The van der Waals surface area contributed by atoms with Crippen LogP contribution in [0.2, 0.25) is 0 Å². The van der Waals surface area contributed by atoms with Gasteiger partial charge in [-0.05, 0) is 38.5 Å². The Kier molecular flexibility index (Phi) is 4.32. The zero-order chi connectivity index (χ0) is 15.7. The van der Waals surface area contributed by atoms with Crippen molar-refractivity contribution >= 4 is 22.9 Å². The molecule has 0 aliphatic rings. The quantitative estimate of drug-likeness (QED) is 0.526. The maximum atomic E-state index is 6.18. The molecule has 0 amide bonds. The first-order chi connectivity index (χ1) is 10.6. The molecular weight excluding hydrogens is 310 g/mol. The van der Waals surface area contributed by atoms with Crippen LogP contribution in [0.3, 0.4) is 0 Å². The molecule has 0 aliphatic heterocycles. The monoisotopic (exact) mass is 327 g/mol. The first-order valence-corrected chi connectivity index (χ1v) is 8.64. The summed E-state index contributed by atoms with van der Waals surface area (Å²) in [6, 6.07) is 14.9. The normalized spacial score (nSPS) is 10.9. The summed E-state index contributed by atoms with van der Waals surface area (Å²) in [5.74, 6) is 0.492. The van der Waals surface area contributed by atoms with Crippen LogP contribution >= 0.6 is 22.9 Å². The highest BCUT2D eigenvalue weighted by molar-refractivity contribution is 7.15. The van der Waals surface area contributed by atoms with E-state index in [9.17, 15) is 0 Å². The lowest BCUT2D eigenvalue weighted by Gasteiger charge is -2.06. The minimum Gasteiger partial charge on any atom is -0.236 e. The van der Waals surface area contributed by atoms with Gasteiger partial charge >= 0.3 is 0 Å². The molecule has 1 heterocycles. The molecule has 0 unspecified atom stereocenters. The van der Waals surface area contributed by atoms with Crippen LogP contribution in [0.5, 0.6) is 0 Å². The van der Waals surface area contributed by atoms with Crippen molar-refractivity contribution in [2.45, 2.75) is 26.7 Å². The molecule has 0 aliphatic carbocycles. The lowest BCUT2D eigenvalue weighted by atomic mass is 10.0. The van der Waals surface area contributed by atoms with Gasteiger partial charge in [-0.25, -0.2) is 4.98 Å². The van der Waals surface area contributed by atoms with Gasteiger partial charge in [0.1, 0.15) is 5.01 Å². The van der Waals surface area contributed by atoms with Crippen molar-refractivity contribution in [2.24, 2.45) is 0 Å². The summed E-state index contributed by atoms with van der Waals surface area (Å²) in [6.45, 7) is 6.33. The van der Waals surface area contributed by atoms with Crippen LogP contribution in [-0.2, 0) is 5.88 Å². The first kappa shape index (κ1) is 15.3. The van der Waals surface area contributed by atoms with E-state index in [-0.39, 0.29) is 0 Å². The highest BCUT2D eigenvalue weighted by atomic mass is 35.5. The minimum absolute atomic E-state index is 0.492. The summed E-state index contributed by atoms with van der Waals surface area (Å²) in [4.78, 5) is 6.03. The summed E-state index contributed by atoms with van der Waals surface area (Å²) in [5, 5.41) is 1.04. The number of hydrogen-bond donors (Lipinski definition) is 0. The molecule has 0 radical (unpaired) electrons. The fourth-order valence-electron chi connectivity index (χ4n) is 2.55. The van der Waals surface area contributed by atoms with Gasteiger partial charge in [-0.1, -0.05) is 41.5 Å². The Morgan fingerprint density at radius 3 is 2.50 bits per heavy atom. The fourth-order valence-corrected chi connectivity index (χ4v) is 3.76. The Morgan fingerprint density at radius 1 is 1.00 bits per heavy atom. The van der Waals surface area contributed by atoms with Gasteiger partial charge in [0.05, 0.1) is 11.6 Å². The van der Waals surface area contributed by atoms with Crippen LogP contribution in [0.15, 0.2) is 42.5 Å². The average Bonchev–Trinajstić information content (AvgIpc) is 2.94. The molecule has 0 atom stereocenters. The maximum absolute atomic E-state index is 6.18. The third-order valence-corrected chi connectivity index (χ3v) is 5.26. The lowest BCUT2D eigenvalue weighted by Crippen LogP contribution is -1.88. The summed E-state index contributed by atoms with van der Waals surface area (Å²) < 4.78 is 0. The van der Waals surface area contributed by atoms with Crippen molar-refractivity contribution in [3.63, 3.8) is 0 Å². The average molecular weight is 328 g/mol. The van der Waals surface area contributed by atoms with Crippen LogP contribution in [0, 0.1) is 20.8 Å². The third-order valence-electron chi connectivity index (χ3n) is 3.73. The molecule has 3 rings (SSSR count). The molecule has 0 bridgehead atoms. The Balaban J connectivity index is 2.15. The molecule has 0 spiro atoms. The Morgan fingerprint density at radius 2 is 1.77 bits per heavy atom. The fraction of sp³-hybridized carbons (Fsp3) is 0.211. The summed E-state index contributed by atoms with van der Waals surface area (Å²) in [6.07, 6.45) is 0. The van der Waals surface area contributed by atoms with E-state index < -0.39 is 0 Å². The largest absolute Gasteiger partial charge is 0.236 e. The summed E-state index contributed by atoms with van der Waals surface area (Å²) in [7, 11) is 0. The molecule has 0 saturated heterocycles. The second-order valence-electron chi connectivity index (χ2n) is 5.61. The van der Waals surface area contributed by atoms with E-state index in [1.807, 2.05) is 0 Å². The Labute approximate surface area is 140 Å². The summed E-state index contributed by atoms with van der Waals surface area (Å²) in [5.41, 5.74) is 7.09.